The van der Waals surface area contributed by atoms with Crippen LogP contribution < -0.4 is 0 Å². The Bertz CT molecular complexity index is 706. The van der Waals surface area contributed by atoms with E-state index < -0.39 is 17.7 Å². The van der Waals surface area contributed by atoms with Crippen LogP contribution in [-0.4, -0.2) is 34.3 Å². The van der Waals surface area contributed by atoms with Crippen LogP contribution in [-0.2, 0) is 17.5 Å². The van der Waals surface area contributed by atoms with Crippen molar-refractivity contribution in [1.29, 1.82) is 0 Å². The number of alkyl halides is 3. The summed E-state index contributed by atoms with van der Waals surface area (Å²) >= 11 is 0. The lowest BCUT2D eigenvalue weighted by atomic mass is 10.1. The summed E-state index contributed by atoms with van der Waals surface area (Å²) in [6.45, 7) is 2.27. The third-order valence-corrected chi connectivity index (χ3v) is 3.41. The number of nitrogens with zero attached hydrogens (tertiary/aromatic N) is 2. The zero-order valence-electron chi connectivity index (χ0n) is 12.5. The Kier molecular flexibility index (Phi) is 4.74. The Morgan fingerprint density at radius 2 is 1.91 bits per heavy atom. The highest BCUT2D eigenvalue weighted by Crippen LogP contribution is 2.31. The molecule has 2 aromatic rings. The van der Waals surface area contributed by atoms with E-state index in [1.807, 2.05) is 0 Å². The lowest BCUT2D eigenvalue weighted by Gasteiger charge is -2.11. The number of methoxy groups -OCH3 is 1. The summed E-state index contributed by atoms with van der Waals surface area (Å²) in [5.74, 6) is -0.891. The summed E-state index contributed by atoms with van der Waals surface area (Å²) < 4.78 is 44.5. The van der Waals surface area contributed by atoms with E-state index in [4.69, 9.17) is 4.74 Å². The molecule has 8 heteroatoms. The number of rotatable bonds is 5. The Hall–Kier alpha value is -2.35. The van der Waals surface area contributed by atoms with Crippen LogP contribution in [0.2, 0.25) is 0 Å². The number of benzene rings is 1. The van der Waals surface area contributed by atoms with Gasteiger partial charge in [-0.3, -0.25) is 0 Å². The van der Waals surface area contributed by atoms with E-state index in [-0.39, 0.29) is 5.69 Å². The van der Waals surface area contributed by atoms with Crippen molar-refractivity contribution in [2.24, 2.45) is 0 Å². The minimum absolute atomic E-state index is 0.129. The van der Waals surface area contributed by atoms with Gasteiger partial charge in [-0.15, -0.1) is 0 Å². The van der Waals surface area contributed by atoms with Crippen LogP contribution in [0.25, 0.3) is 11.4 Å². The van der Waals surface area contributed by atoms with Crippen molar-refractivity contribution in [3.63, 3.8) is 0 Å². The quantitative estimate of drug-likeness (QED) is 0.915. The van der Waals surface area contributed by atoms with Gasteiger partial charge in [-0.1, -0.05) is 12.1 Å². The van der Waals surface area contributed by atoms with Crippen LogP contribution in [0.3, 0.4) is 0 Å². The molecule has 0 fully saturated rings. The van der Waals surface area contributed by atoms with Gasteiger partial charge < -0.3 is 14.4 Å². The average molecular weight is 328 g/mol. The van der Waals surface area contributed by atoms with Crippen LogP contribution in [0.1, 0.15) is 21.7 Å². The van der Waals surface area contributed by atoms with Gasteiger partial charge in [0.1, 0.15) is 5.82 Å². The number of hydrogen-bond acceptors (Lipinski definition) is 3. The summed E-state index contributed by atoms with van der Waals surface area (Å²) in [5.41, 5.74) is -0.0726. The first-order chi connectivity index (χ1) is 10.8. The number of hydrogen-bond donors (Lipinski definition) is 1. The highest BCUT2D eigenvalue weighted by atomic mass is 19.4. The first-order valence-corrected chi connectivity index (χ1v) is 6.72. The largest absolute Gasteiger partial charge is 0.476 e. The SMILES string of the molecule is COCCn1c(-c2ccc(C(F)(F)F)cc2)nc(C(=O)O)c1C. The lowest BCUT2D eigenvalue weighted by molar-refractivity contribution is -0.137. The van der Waals surface area contributed by atoms with Crippen molar-refractivity contribution in [2.75, 3.05) is 13.7 Å². The fourth-order valence-electron chi connectivity index (χ4n) is 2.22. The predicted molar refractivity (Wildman–Crippen MR) is 76.2 cm³/mol. The van der Waals surface area contributed by atoms with E-state index in [1.54, 1.807) is 11.5 Å². The zero-order chi connectivity index (χ0) is 17.2. The van der Waals surface area contributed by atoms with Gasteiger partial charge in [0.15, 0.2) is 5.69 Å². The van der Waals surface area contributed by atoms with Crippen LogP contribution in [0, 0.1) is 6.92 Å². The smallest absolute Gasteiger partial charge is 0.416 e. The molecule has 0 aliphatic heterocycles. The summed E-state index contributed by atoms with van der Waals surface area (Å²) in [6.07, 6.45) is -4.42. The Morgan fingerprint density at radius 1 is 1.30 bits per heavy atom. The van der Waals surface area contributed by atoms with Gasteiger partial charge in [0.05, 0.1) is 12.2 Å². The molecule has 0 unspecified atom stereocenters. The maximum absolute atomic E-state index is 12.6. The number of ether oxygens (including phenoxy) is 1. The van der Waals surface area contributed by atoms with E-state index >= 15 is 0 Å². The fourth-order valence-corrected chi connectivity index (χ4v) is 2.22. The van der Waals surface area contributed by atoms with Gasteiger partial charge in [-0.2, -0.15) is 13.2 Å². The molecular formula is C15H15F3N2O3. The fraction of sp³-hybridized carbons (Fsp3) is 0.333. The minimum Gasteiger partial charge on any atom is -0.476 e. The number of halogens is 3. The molecule has 0 aliphatic rings. The molecule has 0 spiro atoms. The van der Waals surface area contributed by atoms with E-state index in [1.165, 1.54) is 19.2 Å². The molecule has 2 rings (SSSR count). The second kappa shape index (κ2) is 6.41. The van der Waals surface area contributed by atoms with Crippen molar-refractivity contribution in [3.8, 4) is 11.4 Å². The number of aromatic carboxylic acids is 1. The van der Waals surface area contributed by atoms with E-state index in [9.17, 15) is 23.1 Å². The highest BCUT2D eigenvalue weighted by Gasteiger charge is 2.30. The molecular weight excluding hydrogens is 313 g/mol. The number of carboxylic acid groups (broad SMARTS) is 1. The summed E-state index contributed by atoms with van der Waals surface area (Å²) in [5, 5.41) is 9.17. The minimum atomic E-state index is -4.42. The molecule has 5 nitrogen and oxygen atoms in total. The van der Waals surface area contributed by atoms with Gasteiger partial charge in [0.25, 0.3) is 0 Å². The number of carbonyl (C=O) groups is 1. The Labute approximate surface area is 130 Å². The lowest BCUT2D eigenvalue weighted by Crippen LogP contribution is -2.09. The second-order valence-electron chi connectivity index (χ2n) is 4.89. The second-order valence-corrected chi connectivity index (χ2v) is 4.89. The predicted octanol–water partition coefficient (Wildman–Crippen LogP) is 3.22. The zero-order valence-corrected chi connectivity index (χ0v) is 12.5. The van der Waals surface area contributed by atoms with Gasteiger partial charge in [-0.25, -0.2) is 9.78 Å². The first kappa shape index (κ1) is 17.0. The third kappa shape index (κ3) is 3.53. The molecule has 0 amide bonds. The molecule has 0 bridgehead atoms. The molecule has 1 aromatic heterocycles. The number of imidazole rings is 1. The van der Waals surface area contributed by atoms with Crippen molar-refractivity contribution >= 4 is 5.97 Å². The Balaban J connectivity index is 2.49. The monoisotopic (exact) mass is 328 g/mol. The average Bonchev–Trinajstić information content (AvgIpc) is 2.81. The number of aromatic nitrogens is 2. The van der Waals surface area contributed by atoms with Gasteiger partial charge in [0, 0.05) is 24.9 Å². The van der Waals surface area contributed by atoms with Crippen LogP contribution in [0.5, 0.6) is 0 Å². The van der Waals surface area contributed by atoms with Crippen molar-refractivity contribution < 1.29 is 27.8 Å². The molecule has 0 saturated carbocycles. The molecule has 0 saturated heterocycles. The maximum atomic E-state index is 12.6. The standard InChI is InChI=1S/C15H15F3N2O3/c1-9-12(14(21)22)19-13(20(9)7-8-23-2)10-3-5-11(6-4-10)15(16,17)18/h3-6H,7-8H2,1-2H3,(H,21,22). The molecule has 1 heterocycles. The normalized spacial score (nSPS) is 11.7. The topological polar surface area (TPSA) is 64.4 Å². The van der Waals surface area contributed by atoms with Gasteiger partial charge in [0.2, 0.25) is 0 Å². The first-order valence-electron chi connectivity index (χ1n) is 6.72. The van der Waals surface area contributed by atoms with Crippen molar-refractivity contribution in [3.05, 3.63) is 41.2 Å². The molecule has 0 radical (unpaired) electrons. The maximum Gasteiger partial charge on any atom is 0.416 e. The van der Waals surface area contributed by atoms with Gasteiger partial charge >= 0.3 is 12.1 Å². The summed E-state index contributed by atoms with van der Waals surface area (Å²) in [6, 6.07) is 4.44. The molecule has 23 heavy (non-hydrogen) atoms. The van der Waals surface area contributed by atoms with Crippen molar-refractivity contribution in [2.45, 2.75) is 19.6 Å². The molecule has 0 aliphatic carbocycles. The summed E-state index contributed by atoms with van der Waals surface area (Å²) in [4.78, 5) is 15.3. The van der Waals surface area contributed by atoms with Crippen molar-refractivity contribution in [1.82, 2.24) is 9.55 Å². The molecule has 124 valence electrons. The van der Waals surface area contributed by atoms with Crippen LogP contribution >= 0.6 is 0 Å². The van der Waals surface area contributed by atoms with Crippen LogP contribution in [0.4, 0.5) is 13.2 Å². The Morgan fingerprint density at radius 3 is 2.39 bits per heavy atom. The highest BCUT2D eigenvalue weighted by molar-refractivity contribution is 5.87. The number of carboxylic acids is 1. The van der Waals surface area contributed by atoms with E-state index in [0.717, 1.165) is 12.1 Å². The summed E-state index contributed by atoms with van der Waals surface area (Å²) in [7, 11) is 1.50. The molecule has 0 atom stereocenters. The van der Waals surface area contributed by atoms with Gasteiger partial charge in [-0.05, 0) is 19.1 Å². The molecule has 1 aromatic carbocycles. The van der Waals surface area contributed by atoms with E-state index in [0.29, 0.717) is 30.2 Å². The van der Waals surface area contributed by atoms with E-state index in [2.05, 4.69) is 4.98 Å². The van der Waals surface area contributed by atoms with Crippen LogP contribution in [0.15, 0.2) is 24.3 Å². The molecule has 1 N–H and O–H groups in total. The third-order valence-electron chi connectivity index (χ3n) is 3.41.